The average Bonchev–Trinajstić information content (AvgIpc) is 2.72. The molecule has 1 aliphatic heterocycles. The number of hydrogen-bond acceptors (Lipinski definition) is 5. The maximum absolute atomic E-state index is 11.8. The third-order valence-electron chi connectivity index (χ3n) is 3.09. The number of aromatic nitrogens is 2. The highest BCUT2D eigenvalue weighted by Crippen LogP contribution is 2.34. The monoisotopic (exact) mass is 321 g/mol. The van der Waals surface area contributed by atoms with Gasteiger partial charge >= 0.3 is 13.7 Å². The van der Waals surface area contributed by atoms with E-state index in [9.17, 15) is 14.2 Å². The van der Waals surface area contributed by atoms with Crippen LogP contribution in [0.5, 0.6) is 0 Å². The summed E-state index contributed by atoms with van der Waals surface area (Å²) in [5.41, 5.74) is -1.19. The van der Waals surface area contributed by atoms with Crippen molar-refractivity contribution in [2.75, 3.05) is 13.3 Å². The Morgan fingerprint density at radius 2 is 2.30 bits per heavy atom. The second-order valence-corrected chi connectivity index (χ2v) is 6.29. The van der Waals surface area contributed by atoms with Gasteiger partial charge in [0.05, 0.1) is 6.10 Å². The van der Waals surface area contributed by atoms with Crippen LogP contribution in [-0.4, -0.2) is 28.9 Å². The smallest absolute Gasteiger partial charge is 0.352 e. The van der Waals surface area contributed by atoms with Crippen molar-refractivity contribution < 1.29 is 13.8 Å². The number of nitrogens with one attached hydrogen (secondary N) is 1. The molecule has 0 aliphatic carbocycles. The summed E-state index contributed by atoms with van der Waals surface area (Å²) in [5, 5.41) is -0.0725. The van der Waals surface area contributed by atoms with E-state index < -0.39 is 25.5 Å². The molecule has 9 heteroatoms. The lowest BCUT2D eigenvalue weighted by Crippen LogP contribution is -2.34. The zero-order valence-electron chi connectivity index (χ0n) is 11.0. The van der Waals surface area contributed by atoms with Crippen LogP contribution in [0.2, 0.25) is 5.02 Å². The van der Waals surface area contributed by atoms with Gasteiger partial charge in [-0.25, -0.2) is 4.79 Å². The summed E-state index contributed by atoms with van der Waals surface area (Å²) in [5.74, 6) is 0.0398. The molecule has 110 valence electrons. The molecule has 20 heavy (non-hydrogen) atoms. The Morgan fingerprint density at radius 3 is 2.95 bits per heavy atom. The third kappa shape index (κ3) is 3.35. The van der Waals surface area contributed by atoms with Gasteiger partial charge in [0.15, 0.2) is 6.66 Å². The van der Waals surface area contributed by atoms with Crippen LogP contribution in [0.25, 0.3) is 0 Å². The van der Waals surface area contributed by atoms with E-state index in [1.165, 1.54) is 17.4 Å². The van der Waals surface area contributed by atoms with Crippen LogP contribution >= 0.6 is 19.6 Å². The van der Waals surface area contributed by atoms with Crippen molar-refractivity contribution in [2.24, 2.45) is 5.92 Å². The van der Waals surface area contributed by atoms with Gasteiger partial charge in [0.1, 0.15) is 17.9 Å². The molecule has 0 aromatic carbocycles. The minimum Gasteiger partial charge on any atom is -0.352 e. The van der Waals surface area contributed by atoms with Gasteiger partial charge in [-0.05, 0) is 11.0 Å². The number of rotatable bonds is 4. The van der Waals surface area contributed by atoms with Crippen molar-refractivity contribution in [1.82, 2.24) is 9.55 Å². The quantitative estimate of drug-likeness (QED) is 0.849. The Kier molecular flexibility index (Phi) is 4.75. The predicted octanol–water partition coefficient (Wildman–Crippen LogP) is 1.50. The van der Waals surface area contributed by atoms with Crippen LogP contribution < -0.4 is 11.2 Å². The first-order valence-electron chi connectivity index (χ1n) is 6.08. The molecule has 4 unspecified atom stereocenters. The number of hydrogen-bond donors (Lipinski definition) is 1. The van der Waals surface area contributed by atoms with Gasteiger partial charge < -0.3 is 4.74 Å². The molecule has 1 aromatic rings. The molecular formula is C11H15ClN2O5P+. The summed E-state index contributed by atoms with van der Waals surface area (Å²) in [6.07, 6.45) is 1.16. The maximum Gasteiger partial charge on any atom is 0.504 e. The van der Waals surface area contributed by atoms with E-state index in [0.717, 1.165) is 0 Å². The van der Waals surface area contributed by atoms with Crippen molar-refractivity contribution in [3.63, 3.8) is 0 Å². The predicted molar refractivity (Wildman–Crippen MR) is 73.5 cm³/mol. The summed E-state index contributed by atoms with van der Waals surface area (Å²) in [7, 11) is -1.68. The second kappa shape index (κ2) is 6.18. The molecule has 1 N–H and O–H groups in total. The first-order valence-corrected chi connectivity index (χ1v) is 8.09. The number of halogens is 1. The van der Waals surface area contributed by atoms with Crippen LogP contribution in [0.3, 0.4) is 0 Å². The van der Waals surface area contributed by atoms with Gasteiger partial charge in [0.2, 0.25) is 0 Å². The Hall–Kier alpha value is -1.01. The third-order valence-corrected chi connectivity index (χ3v) is 3.88. The number of ether oxygens (including phenoxy) is 1. The van der Waals surface area contributed by atoms with Gasteiger partial charge in [-0.1, -0.05) is 18.5 Å². The van der Waals surface area contributed by atoms with E-state index in [-0.39, 0.29) is 23.7 Å². The molecule has 4 atom stereocenters. The van der Waals surface area contributed by atoms with Crippen LogP contribution in [0.1, 0.15) is 19.6 Å². The Morgan fingerprint density at radius 1 is 1.60 bits per heavy atom. The fraction of sp³-hybridized carbons (Fsp3) is 0.636. The zero-order valence-corrected chi connectivity index (χ0v) is 12.7. The van der Waals surface area contributed by atoms with Gasteiger partial charge in [-0.3, -0.25) is 14.3 Å². The molecule has 0 amide bonds. The first kappa shape index (κ1) is 15.4. The number of aromatic amines is 1. The molecule has 2 heterocycles. The largest absolute Gasteiger partial charge is 0.504 e. The molecule has 0 saturated carbocycles. The minimum atomic E-state index is -1.68. The van der Waals surface area contributed by atoms with Crippen LogP contribution in [0.15, 0.2) is 15.8 Å². The Labute approximate surface area is 120 Å². The molecule has 0 bridgehead atoms. The molecule has 1 aromatic heterocycles. The molecule has 0 spiro atoms. The number of H-pyrrole nitrogens is 1. The second-order valence-electron chi connectivity index (χ2n) is 4.74. The van der Waals surface area contributed by atoms with Gasteiger partial charge in [0, 0.05) is 12.1 Å². The normalized spacial score (nSPS) is 26.8. The van der Waals surface area contributed by atoms with E-state index in [1.54, 1.807) is 0 Å². The Bertz CT molecular complexity index is 628. The highest BCUT2D eigenvalue weighted by atomic mass is 35.5. The van der Waals surface area contributed by atoms with E-state index in [4.69, 9.17) is 20.9 Å². The van der Waals surface area contributed by atoms with Crippen LogP contribution in [-0.2, 0) is 13.8 Å². The molecule has 1 fully saturated rings. The molecule has 7 nitrogen and oxygen atoms in total. The zero-order chi connectivity index (χ0) is 14.9. The van der Waals surface area contributed by atoms with Crippen molar-refractivity contribution in [2.45, 2.75) is 25.7 Å². The van der Waals surface area contributed by atoms with Crippen LogP contribution in [0.4, 0.5) is 0 Å². The summed E-state index contributed by atoms with van der Waals surface area (Å²) >= 11 is 5.73. The topological polar surface area (TPSA) is 90.4 Å². The highest BCUT2D eigenvalue weighted by molar-refractivity contribution is 7.38. The standard InChI is InChI=1S/C11H14ClN2O5P/c1-6-3-7(5-18-20(2)17)19-10(6)14-4-8(12)9(15)13-11(14)16/h4,6-7,10H,3,5H2,1-2H3/p+1. The summed E-state index contributed by atoms with van der Waals surface area (Å²) in [6, 6.07) is 0. The molecule has 0 radical (unpaired) electrons. The van der Waals surface area contributed by atoms with Gasteiger partial charge in [-0.15, -0.1) is 4.52 Å². The van der Waals surface area contributed by atoms with Crippen molar-refractivity contribution >= 4 is 19.6 Å². The van der Waals surface area contributed by atoms with E-state index in [2.05, 4.69) is 4.98 Å². The SMILES string of the molecule is CC1CC(CO[P+](C)=O)OC1n1cc(Cl)c(=O)[nH]c1=O. The fourth-order valence-corrected chi connectivity index (χ4v) is 2.73. The van der Waals surface area contributed by atoms with Gasteiger partial charge in [0.25, 0.3) is 5.56 Å². The van der Waals surface area contributed by atoms with Crippen molar-refractivity contribution in [1.29, 1.82) is 0 Å². The number of nitrogens with zero attached hydrogens (tertiary/aromatic N) is 1. The average molecular weight is 322 g/mol. The van der Waals surface area contributed by atoms with Crippen molar-refractivity contribution in [3.8, 4) is 0 Å². The van der Waals surface area contributed by atoms with E-state index in [1.807, 2.05) is 6.92 Å². The van der Waals surface area contributed by atoms with E-state index >= 15 is 0 Å². The maximum atomic E-state index is 11.8. The molecule has 1 aliphatic rings. The fourth-order valence-electron chi connectivity index (χ4n) is 2.20. The van der Waals surface area contributed by atoms with Gasteiger partial charge in [-0.2, -0.15) is 0 Å². The van der Waals surface area contributed by atoms with Crippen molar-refractivity contribution in [3.05, 3.63) is 32.1 Å². The van der Waals surface area contributed by atoms with E-state index in [0.29, 0.717) is 6.42 Å². The summed E-state index contributed by atoms with van der Waals surface area (Å²) in [4.78, 5) is 25.2. The molecular weight excluding hydrogens is 307 g/mol. The minimum absolute atomic E-state index is 0.0398. The molecule has 2 rings (SSSR count). The summed E-state index contributed by atoms with van der Waals surface area (Å²) < 4.78 is 23.0. The lowest BCUT2D eigenvalue weighted by atomic mass is 10.1. The first-order chi connectivity index (χ1) is 9.38. The molecule has 1 saturated heterocycles. The van der Waals surface area contributed by atoms with Crippen LogP contribution in [0, 0.1) is 5.92 Å². The lowest BCUT2D eigenvalue weighted by molar-refractivity contribution is -0.0284. The lowest BCUT2D eigenvalue weighted by Gasteiger charge is -2.17. The highest BCUT2D eigenvalue weighted by Gasteiger charge is 2.35. The Balaban J connectivity index is 2.18. The summed E-state index contributed by atoms with van der Waals surface area (Å²) in [6.45, 7) is 3.60.